The highest BCUT2D eigenvalue weighted by Gasteiger charge is 2.43. The van der Waals surface area contributed by atoms with E-state index in [-0.39, 0.29) is 5.60 Å². The molecule has 0 aliphatic carbocycles. The number of para-hydroxylation sites is 1. The van der Waals surface area contributed by atoms with Gasteiger partial charge < -0.3 is 14.6 Å². The van der Waals surface area contributed by atoms with Gasteiger partial charge in [0.25, 0.3) is 0 Å². The molecule has 2 saturated heterocycles. The Labute approximate surface area is 143 Å². The number of nitrogens with one attached hydrogen (secondary N) is 1. The zero-order valence-electron chi connectivity index (χ0n) is 14.3. The molecule has 0 saturated carbocycles. The number of benzene rings is 1. The van der Waals surface area contributed by atoms with Crippen LogP contribution in [0, 0.1) is 0 Å². The Morgan fingerprint density at radius 1 is 1.33 bits per heavy atom. The van der Waals surface area contributed by atoms with Crippen molar-refractivity contribution in [2.75, 3.05) is 25.0 Å². The van der Waals surface area contributed by atoms with Crippen LogP contribution in [0.1, 0.15) is 25.1 Å². The van der Waals surface area contributed by atoms with Crippen molar-refractivity contribution in [3.8, 4) is 0 Å². The fourth-order valence-electron chi connectivity index (χ4n) is 4.07. The van der Waals surface area contributed by atoms with Gasteiger partial charge in [-0.05, 0) is 37.9 Å². The zero-order valence-corrected chi connectivity index (χ0v) is 14.3. The number of imidazole rings is 1. The number of aryl methyl sites for hydroxylation is 1. The van der Waals surface area contributed by atoms with Gasteiger partial charge in [-0.25, -0.2) is 4.98 Å². The van der Waals surface area contributed by atoms with Gasteiger partial charge in [0.05, 0.1) is 24.8 Å². The molecule has 5 heteroatoms. The van der Waals surface area contributed by atoms with Crippen LogP contribution in [0.15, 0.2) is 42.7 Å². The van der Waals surface area contributed by atoms with Gasteiger partial charge in [0, 0.05) is 31.7 Å². The van der Waals surface area contributed by atoms with E-state index in [1.54, 1.807) is 0 Å². The maximum atomic E-state index is 6.31. The second kappa shape index (κ2) is 6.57. The molecule has 128 valence electrons. The number of anilines is 1. The first-order valence-electron chi connectivity index (χ1n) is 8.87. The van der Waals surface area contributed by atoms with Crippen molar-refractivity contribution in [3.05, 3.63) is 48.5 Å². The second-order valence-corrected chi connectivity index (χ2v) is 7.17. The predicted octanol–water partition coefficient (Wildman–Crippen LogP) is 2.66. The van der Waals surface area contributed by atoms with Crippen LogP contribution in [0.3, 0.4) is 0 Å². The summed E-state index contributed by atoms with van der Waals surface area (Å²) in [4.78, 5) is 6.96. The maximum Gasteiger partial charge on any atom is 0.122 e. The predicted molar refractivity (Wildman–Crippen MR) is 94.9 cm³/mol. The maximum absolute atomic E-state index is 6.31. The van der Waals surface area contributed by atoms with Crippen LogP contribution in [-0.2, 0) is 18.3 Å². The summed E-state index contributed by atoms with van der Waals surface area (Å²) in [5.74, 6) is 1.13. The second-order valence-electron chi connectivity index (χ2n) is 7.17. The van der Waals surface area contributed by atoms with E-state index in [1.165, 1.54) is 12.1 Å². The lowest BCUT2D eigenvalue weighted by atomic mass is 9.88. The minimum Gasteiger partial charge on any atom is -0.380 e. The molecular formula is C19H26N4O. The van der Waals surface area contributed by atoms with Crippen LogP contribution < -0.4 is 5.32 Å². The van der Waals surface area contributed by atoms with E-state index in [1.807, 2.05) is 12.4 Å². The zero-order chi connectivity index (χ0) is 16.4. The molecule has 2 aliphatic heterocycles. The molecule has 0 bridgehead atoms. The lowest BCUT2D eigenvalue weighted by Gasteiger charge is -2.39. The Bertz CT molecular complexity index is 671. The summed E-state index contributed by atoms with van der Waals surface area (Å²) in [6, 6.07) is 10.8. The summed E-state index contributed by atoms with van der Waals surface area (Å²) >= 11 is 0. The van der Waals surface area contributed by atoms with E-state index in [4.69, 9.17) is 4.74 Å². The summed E-state index contributed by atoms with van der Waals surface area (Å²) in [6.07, 6.45) is 7.33. The van der Waals surface area contributed by atoms with Crippen molar-refractivity contribution >= 4 is 5.69 Å². The molecule has 1 aromatic carbocycles. The van der Waals surface area contributed by atoms with E-state index in [0.717, 1.165) is 44.9 Å². The topological polar surface area (TPSA) is 42.3 Å². The Hall–Kier alpha value is -1.85. The van der Waals surface area contributed by atoms with Crippen LogP contribution in [-0.4, -0.2) is 45.8 Å². The summed E-state index contributed by atoms with van der Waals surface area (Å²) in [6.45, 7) is 3.85. The summed E-state index contributed by atoms with van der Waals surface area (Å²) in [5, 5.41) is 3.62. The van der Waals surface area contributed by atoms with Crippen molar-refractivity contribution in [2.45, 2.75) is 37.5 Å². The highest BCUT2D eigenvalue weighted by molar-refractivity contribution is 5.43. The van der Waals surface area contributed by atoms with Gasteiger partial charge in [-0.15, -0.1) is 0 Å². The summed E-state index contributed by atoms with van der Waals surface area (Å²) in [5.41, 5.74) is 1.19. The average Bonchev–Trinajstić information content (AvgIpc) is 3.16. The molecular weight excluding hydrogens is 300 g/mol. The van der Waals surface area contributed by atoms with E-state index in [9.17, 15) is 0 Å². The summed E-state index contributed by atoms with van der Waals surface area (Å²) in [7, 11) is 2.06. The number of nitrogens with zero attached hydrogens (tertiary/aromatic N) is 3. The van der Waals surface area contributed by atoms with Crippen molar-refractivity contribution in [1.29, 1.82) is 0 Å². The fourth-order valence-corrected chi connectivity index (χ4v) is 4.07. The monoisotopic (exact) mass is 326 g/mol. The third-order valence-electron chi connectivity index (χ3n) is 5.26. The first kappa shape index (κ1) is 15.7. The van der Waals surface area contributed by atoms with Crippen molar-refractivity contribution in [2.24, 2.45) is 7.05 Å². The van der Waals surface area contributed by atoms with Crippen molar-refractivity contribution in [1.82, 2.24) is 14.5 Å². The van der Waals surface area contributed by atoms with E-state index >= 15 is 0 Å². The Balaban J connectivity index is 1.38. The average molecular weight is 326 g/mol. The molecule has 4 rings (SSSR count). The molecule has 1 N–H and O–H groups in total. The van der Waals surface area contributed by atoms with E-state index in [2.05, 4.69) is 57.1 Å². The molecule has 0 radical (unpaired) electrons. The molecule has 2 atom stereocenters. The van der Waals surface area contributed by atoms with Crippen LogP contribution in [0.25, 0.3) is 0 Å². The number of piperidine rings is 1. The van der Waals surface area contributed by atoms with Gasteiger partial charge in [-0.2, -0.15) is 0 Å². The molecule has 2 aromatic rings. The highest BCUT2D eigenvalue weighted by Crippen LogP contribution is 2.36. The van der Waals surface area contributed by atoms with E-state index < -0.39 is 0 Å². The minimum absolute atomic E-state index is 0.00978. The molecule has 0 unspecified atom stereocenters. The molecule has 2 fully saturated rings. The minimum atomic E-state index is 0.00978. The number of likely N-dealkylation sites (tertiary alicyclic amines) is 1. The third kappa shape index (κ3) is 3.32. The molecule has 3 heterocycles. The first-order chi connectivity index (χ1) is 11.7. The quantitative estimate of drug-likeness (QED) is 0.938. The van der Waals surface area contributed by atoms with Crippen molar-refractivity contribution in [3.63, 3.8) is 0 Å². The molecule has 1 aromatic heterocycles. The fraction of sp³-hybridized carbons (Fsp3) is 0.526. The van der Waals surface area contributed by atoms with Crippen molar-refractivity contribution < 1.29 is 4.74 Å². The molecule has 5 nitrogen and oxygen atoms in total. The lowest BCUT2D eigenvalue weighted by molar-refractivity contribution is -0.0539. The number of aromatic nitrogens is 2. The Morgan fingerprint density at radius 3 is 3.00 bits per heavy atom. The highest BCUT2D eigenvalue weighted by atomic mass is 16.5. The molecule has 24 heavy (non-hydrogen) atoms. The van der Waals surface area contributed by atoms with Gasteiger partial charge in [0.1, 0.15) is 5.82 Å². The van der Waals surface area contributed by atoms with Gasteiger partial charge in [-0.3, -0.25) is 4.90 Å². The van der Waals surface area contributed by atoms with Crippen LogP contribution in [0.4, 0.5) is 5.69 Å². The van der Waals surface area contributed by atoms with Crippen LogP contribution in [0.2, 0.25) is 0 Å². The molecule has 1 spiro atoms. The van der Waals surface area contributed by atoms with Gasteiger partial charge >= 0.3 is 0 Å². The first-order valence-corrected chi connectivity index (χ1v) is 8.87. The van der Waals surface area contributed by atoms with E-state index in [0.29, 0.717) is 6.04 Å². The molecule has 2 aliphatic rings. The summed E-state index contributed by atoms with van der Waals surface area (Å²) < 4.78 is 8.42. The van der Waals surface area contributed by atoms with Gasteiger partial charge in [-0.1, -0.05) is 18.2 Å². The smallest absolute Gasteiger partial charge is 0.122 e. The lowest BCUT2D eigenvalue weighted by Crippen LogP contribution is -2.48. The largest absolute Gasteiger partial charge is 0.380 e. The number of hydrogen-bond acceptors (Lipinski definition) is 4. The van der Waals surface area contributed by atoms with Gasteiger partial charge in [0.15, 0.2) is 0 Å². The molecule has 0 amide bonds. The number of hydrogen-bond donors (Lipinski definition) is 1. The number of ether oxygens (including phenoxy) is 1. The standard InChI is InChI=1S/C19H26N4O/c1-22-11-9-20-18(22)13-23-10-5-8-19(15-23)12-17(14-24-19)21-16-6-3-2-4-7-16/h2-4,6-7,9,11,17,21H,5,8,10,12-15H2,1H3/t17-,19-/m1/s1. The van der Waals surface area contributed by atoms with Gasteiger partial charge in [0.2, 0.25) is 0 Å². The number of rotatable bonds is 4. The SMILES string of the molecule is Cn1ccnc1CN1CCC[C@@]2(C[C@@H](Nc3ccccc3)CO2)C1. The third-order valence-corrected chi connectivity index (χ3v) is 5.26. The Kier molecular flexibility index (Phi) is 4.29. The normalized spacial score (nSPS) is 27.6. The van der Waals surface area contributed by atoms with Crippen LogP contribution in [0.5, 0.6) is 0 Å². The van der Waals surface area contributed by atoms with Crippen LogP contribution >= 0.6 is 0 Å². The Morgan fingerprint density at radius 2 is 2.21 bits per heavy atom.